The van der Waals surface area contributed by atoms with Gasteiger partial charge in [0.05, 0.1) is 15.9 Å². The topological polar surface area (TPSA) is 29.9 Å². The van der Waals surface area contributed by atoms with Gasteiger partial charge in [-0.1, -0.05) is 18.6 Å². The second kappa shape index (κ2) is 6.53. The first kappa shape index (κ1) is 13.8. The van der Waals surface area contributed by atoms with Gasteiger partial charge in [-0.2, -0.15) is 5.10 Å². The Labute approximate surface area is 118 Å². The van der Waals surface area contributed by atoms with E-state index in [0.717, 1.165) is 25.2 Å². The van der Waals surface area contributed by atoms with E-state index in [-0.39, 0.29) is 0 Å². The zero-order valence-electron chi connectivity index (χ0n) is 11.3. The normalized spacial score (nSPS) is 15.2. The number of aryl methyl sites for hydroxylation is 2. The highest BCUT2D eigenvalue weighted by molar-refractivity contribution is 9.10. The average molecular weight is 312 g/mol. The van der Waals surface area contributed by atoms with E-state index in [1.54, 1.807) is 5.57 Å². The highest BCUT2D eigenvalue weighted by atomic mass is 79.9. The van der Waals surface area contributed by atoms with Crippen molar-refractivity contribution in [1.82, 2.24) is 15.1 Å². The number of hydrogen-bond acceptors (Lipinski definition) is 2. The third-order valence-electron chi connectivity index (χ3n) is 3.55. The largest absolute Gasteiger partial charge is 0.311 e. The van der Waals surface area contributed by atoms with Gasteiger partial charge < -0.3 is 5.32 Å². The number of allylic oxidation sites excluding steroid dienone is 1. The van der Waals surface area contributed by atoms with Crippen LogP contribution in [-0.2, 0) is 20.0 Å². The van der Waals surface area contributed by atoms with E-state index in [4.69, 9.17) is 0 Å². The number of nitrogens with one attached hydrogen (secondary N) is 1. The Balaban J connectivity index is 1.81. The minimum atomic E-state index is 0.886. The molecule has 1 aromatic heterocycles. The fourth-order valence-corrected chi connectivity index (χ4v) is 3.19. The van der Waals surface area contributed by atoms with Crippen molar-refractivity contribution in [2.45, 2.75) is 45.6 Å². The Bertz CT molecular complexity index is 434. The molecule has 18 heavy (non-hydrogen) atoms. The van der Waals surface area contributed by atoms with Crippen LogP contribution in [0.2, 0.25) is 0 Å². The van der Waals surface area contributed by atoms with Crippen molar-refractivity contribution in [2.24, 2.45) is 7.05 Å². The Hall–Kier alpha value is -0.610. The molecule has 0 saturated carbocycles. The molecular weight excluding hydrogens is 290 g/mol. The molecule has 1 aliphatic carbocycles. The smallest absolute Gasteiger partial charge is 0.0767 e. The van der Waals surface area contributed by atoms with E-state index in [2.05, 4.69) is 39.3 Å². The maximum absolute atomic E-state index is 4.50. The van der Waals surface area contributed by atoms with E-state index >= 15 is 0 Å². The maximum atomic E-state index is 4.50. The Morgan fingerprint density at radius 3 is 2.94 bits per heavy atom. The second-order valence-corrected chi connectivity index (χ2v) is 5.66. The molecule has 0 fully saturated rings. The summed E-state index contributed by atoms with van der Waals surface area (Å²) in [6.07, 6.45) is 8.50. The fourth-order valence-electron chi connectivity index (χ4n) is 2.43. The van der Waals surface area contributed by atoms with Crippen molar-refractivity contribution in [2.75, 3.05) is 6.54 Å². The van der Waals surface area contributed by atoms with E-state index in [1.807, 2.05) is 11.7 Å². The molecule has 1 aromatic rings. The number of nitrogens with zero attached hydrogens (tertiary/aromatic N) is 2. The van der Waals surface area contributed by atoms with Crippen LogP contribution in [0, 0.1) is 0 Å². The lowest BCUT2D eigenvalue weighted by molar-refractivity contribution is 0.618. The summed E-state index contributed by atoms with van der Waals surface area (Å²) in [5, 5.41) is 8.02. The molecule has 0 atom stereocenters. The Morgan fingerprint density at radius 2 is 2.33 bits per heavy atom. The summed E-state index contributed by atoms with van der Waals surface area (Å²) in [5.41, 5.74) is 4.01. The summed E-state index contributed by atoms with van der Waals surface area (Å²) in [5.74, 6) is 0. The molecule has 0 saturated heterocycles. The van der Waals surface area contributed by atoms with Crippen molar-refractivity contribution in [3.05, 3.63) is 27.5 Å². The maximum Gasteiger partial charge on any atom is 0.0767 e. The predicted molar refractivity (Wildman–Crippen MR) is 78.5 cm³/mol. The molecule has 1 N–H and O–H groups in total. The molecule has 0 radical (unpaired) electrons. The Morgan fingerprint density at radius 1 is 1.50 bits per heavy atom. The van der Waals surface area contributed by atoms with E-state index in [0.29, 0.717) is 0 Å². The SMILES string of the molecule is CCc1nn(C)c(CNCCC2=CCCC2)c1Br. The highest BCUT2D eigenvalue weighted by Crippen LogP contribution is 2.22. The van der Waals surface area contributed by atoms with Crippen LogP contribution in [-0.4, -0.2) is 16.3 Å². The molecule has 1 heterocycles. The standard InChI is InChI=1S/C14H22BrN3/c1-3-12-14(15)13(18(2)17-12)10-16-9-8-11-6-4-5-7-11/h6,16H,3-5,7-10H2,1-2H3. The summed E-state index contributed by atoms with van der Waals surface area (Å²) in [6, 6.07) is 0. The molecule has 0 bridgehead atoms. The molecule has 0 aromatic carbocycles. The minimum absolute atomic E-state index is 0.886. The molecule has 3 nitrogen and oxygen atoms in total. The van der Waals surface area contributed by atoms with Gasteiger partial charge in [0.15, 0.2) is 0 Å². The monoisotopic (exact) mass is 311 g/mol. The van der Waals surface area contributed by atoms with Crippen LogP contribution in [0.25, 0.3) is 0 Å². The van der Waals surface area contributed by atoms with Crippen LogP contribution in [0.4, 0.5) is 0 Å². The van der Waals surface area contributed by atoms with Crippen LogP contribution in [0.5, 0.6) is 0 Å². The molecule has 0 unspecified atom stereocenters. The number of rotatable bonds is 6. The summed E-state index contributed by atoms with van der Waals surface area (Å²) in [4.78, 5) is 0. The number of aromatic nitrogens is 2. The fraction of sp³-hybridized carbons (Fsp3) is 0.643. The molecule has 100 valence electrons. The molecule has 0 spiro atoms. The molecule has 1 aliphatic rings. The van der Waals surface area contributed by atoms with Gasteiger partial charge in [0, 0.05) is 13.6 Å². The first-order chi connectivity index (χ1) is 8.72. The van der Waals surface area contributed by atoms with Gasteiger partial charge in [0.2, 0.25) is 0 Å². The van der Waals surface area contributed by atoms with Crippen molar-refractivity contribution >= 4 is 15.9 Å². The lowest BCUT2D eigenvalue weighted by Crippen LogP contribution is -2.17. The van der Waals surface area contributed by atoms with Crippen LogP contribution < -0.4 is 5.32 Å². The third-order valence-corrected chi connectivity index (χ3v) is 4.47. The molecule has 0 amide bonds. The van der Waals surface area contributed by atoms with Gasteiger partial charge in [-0.3, -0.25) is 4.68 Å². The lowest BCUT2D eigenvalue weighted by atomic mass is 10.2. The number of hydrogen-bond donors (Lipinski definition) is 1. The molecule has 2 rings (SSSR count). The van der Waals surface area contributed by atoms with Gasteiger partial charge in [-0.05, 0) is 54.6 Å². The number of halogens is 1. The summed E-state index contributed by atoms with van der Waals surface area (Å²) >= 11 is 3.65. The first-order valence-corrected chi connectivity index (χ1v) is 7.60. The average Bonchev–Trinajstić information content (AvgIpc) is 2.96. The summed E-state index contributed by atoms with van der Waals surface area (Å²) < 4.78 is 3.14. The van der Waals surface area contributed by atoms with Crippen molar-refractivity contribution in [3.63, 3.8) is 0 Å². The second-order valence-electron chi connectivity index (χ2n) is 4.87. The summed E-state index contributed by atoms with van der Waals surface area (Å²) in [6.45, 7) is 4.08. The summed E-state index contributed by atoms with van der Waals surface area (Å²) in [7, 11) is 2.01. The van der Waals surface area contributed by atoms with E-state index in [9.17, 15) is 0 Å². The van der Waals surface area contributed by atoms with Crippen molar-refractivity contribution in [1.29, 1.82) is 0 Å². The quantitative estimate of drug-likeness (QED) is 0.645. The van der Waals surface area contributed by atoms with E-state index in [1.165, 1.54) is 35.8 Å². The van der Waals surface area contributed by atoms with Crippen molar-refractivity contribution < 1.29 is 0 Å². The van der Waals surface area contributed by atoms with Crippen LogP contribution in [0.15, 0.2) is 16.1 Å². The van der Waals surface area contributed by atoms with Gasteiger partial charge in [-0.15, -0.1) is 0 Å². The lowest BCUT2D eigenvalue weighted by Gasteiger charge is -2.06. The molecule has 0 aliphatic heterocycles. The van der Waals surface area contributed by atoms with Crippen LogP contribution in [0.1, 0.15) is 44.0 Å². The third kappa shape index (κ3) is 3.23. The predicted octanol–water partition coefficient (Wildman–Crippen LogP) is 3.34. The highest BCUT2D eigenvalue weighted by Gasteiger charge is 2.11. The van der Waals surface area contributed by atoms with Gasteiger partial charge in [-0.25, -0.2) is 0 Å². The zero-order valence-corrected chi connectivity index (χ0v) is 12.9. The zero-order chi connectivity index (χ0) is 13.0. The van der Waals surface area contributed by atoms with Crippen molar-refractivity contribution in [3.8, 4) is 0 Å². The molecule has 4 heteroatoms. The van der Waals surface area contributed by atoms with Gasteiger partial charge in [0.25, 0.3) is 0 Å². The van der Waals surface area contributed by atoms with E-state index < -0.39 is 0 Å². The Kier molecular flexibility index (Phi) is 5.01. The van der Waals surface area contributed by atoms with Gasteiger partial charge >= 0.3 is 0 Å². The first-order valence-electron chi connectivity index (χ1n) is 6.81. The van der Waals surface area contributed by atoms with Crippen LogP contribution in [0.3, 0.4) is 0 Å². The van der Waals surface area contributed by atoms with Gasteiger partial charge in [0.1, 0.15) is 0 Å². The minimum Gasteiger partial charge on any atom is -0.311 e. The molecular formula is C14H22BrN3. The van der Waals surface area contributed by atoms with Crippen LogP contribution >= 0.6 is 15.9 Å².